The van der Waals surface area contributed by atoms with Gasteiger partial charge in [-0.05, 0) is 19.3 Å². The molecule has 0 aromatic carbocycles. The minimum absolute atomic E-state index is 0.156. The van der Waals surface area contributed by atoms with E-state index in [-0.39, 0.29) is 18.5 Å². The van der Waals surface area contributed by atoms with Gasteiger partial charge in [-0.15, -0.1) is 0 Å². The Kier molecular flexibility index (Phi) is 11.7. The molecular formula is C18H36NO5+. The smallest absolute Gasteiger partial charge is 0.307 e. The van der Waals surface area contributed by atoms with Gasteiger partial charge in [-0.1, -0.05) is 32.6 Å². The minimum atomic E-state index is -0.952. The number of rotatable bonds is 14. The first-order valence-electron chi connectivity index (χ1n) is 9.03. The van der Waals surface area contributed by atoms with Gasteiger partial charge in [-0.25, -0.2) is 0 Å². The fraction of sp³-hybridized carbons (Fsp3) is 0.889. The lowest BCUT2D eigenvalue weighted by Crippen LogP contribution is -2.43. The van der Waals surface area contributed by atoms with E-state index < -0.39 is 12.1 Å². The van der Waals surface area contributed by atoms with Crippen LogP contribution in [0.4, 0.5) is 0 Å². The van der Waals surface area contributed by atoms with Crippen LogP contribution in [0.1, 0.15) is 64.7 Å². The van der Waals surface area contributed by atoms with Crippen LogP contribution in [0, 0.1) is 0 Å². The van der Waals surface area contributed by atoms with Gasteiger partial charge in [-0.2, -0.15) is 0 Å². The third-order valence-electron chi connectivity index (χ3n) is 3.74. The lowest BCUT2D eigenvalue weighted by atomic mass is 10.1. The maximum atomic E-state index is 11.9. The number of quaternary nitrogens is 1. The van der Waals surface area contributed by atoms with E-state index in [1.54, 1.807) is 0 Å². The number of aliphatic hydroxyl groups excluding tert-OH is 1. The first kappa shape index (κ1) is 22.9. The lowest BCUT2D eigenvalue weighted by molar-refractivity contribution is -0.873. The summed E-state index contributed by atoms with van der Waals surface area (Å²) in [5, 5.41) is 18.6. The van der Waals surface area contributed by atoms with Crippen molar-refractivity contribution in [3.8, 4) is 0 Å². The predicted octanol–water partition coefficient (Wildman–Crippen LogP) is 2.58. The van der Waals surface area contributed by atoms with Crippen molar-refractivity contribution in [2.45, 2.75) is 76.9 Å². The number of hydrogen-bond acceptors (Lipinski definition) is 4. The molecule has 6 nitrogen and oxygen atoms in total. The normalized spacial score (nSPS) is 14.2. The highest BCUT2D eigenvalue weighted by molar-refractivity contribution is 5.71. The van der Waals surface area contributed by atoms with Crippen molar-refractivity contribution < 1.29 is 29.0 Å². The second kappa shape index (κ2) is 12.3. The number of carboxylic acids is 1. The van der Waals surface area contributed by atoms with Crippen molar-refractivity contribution in [2.75, 3.05) is 27.7 Å². The number of hydrogen-bond donors (Lipinski definition) is 2. The van der Waals surface area contributed by atoms with Crippen LogP contribution in [0.25, 0.3) is 0 Å². The van der Waals surface area contributed by atoms with Crippen molar-refractivity contribution in [3.63, 3.8) is 0 Å². The zero-order valence-electron chi connectivity index (χ0n) is 15.8. The Morgan fingerprint density at radius 2 is 1.67 bits per heavy atom. The van der Waals surface area contributed by atoms with Crippen LogP contribution in [-0.4, -0.2) is 66.5 Å². The van der Waals surface area contributed by atoms with Crippen molar-refractivity contribution in [3.05, 3.63) is 0 Å². The largest absolute Gasteiger partial charge is 0.481 e. The molecule has 0 radical (unpaired) electrons. The number of carbonyl (C=O) groups excluding carboxylic acids is 1. The average Bonchev–Trinajstić information content (AvgIpc) is 2.40. The molecule has 2 unspecified atom stereocenters. The molecule has 0 saturated heterocycles. The van der Waals surface area contributed by atoms with Gasteiger partial charge in [0.2, 0.25) is 0 Å². The summed E-state index contributed by atoms with van der Waals surface area (Å²) in [5.41, 5.74) is 0. The molecule has 0 amide bonds. The van der Waals surface area contributed by atoms with Gasteiger partial charge in [0.1, 0.15) is 6.54 Å². The Balaban J connectivity index is 3.93. The Bertz CT molecular complexity index is 365. The molecule has 0 aliphatic rings. The van der Waals surface area contributed by atoms with Crippen LogP contribution in [-0.2, 0) is 14.3 Å². The maximum Gasteiger partial charge on any atom is 0.307 e. The maximum absolute atomic E-state index is 11.9. The molecule has 0 spiro atoms. The third-order valence-corrected chi connectivity index (χ3v) is 3.74. The van der Waals surface area contributed by atoms with Crippen molar-refractivity contribution in [1.29, 1.82) is 0 Å². The Morgan fingerprint density at radius 1 is 1.04 bits per heavy atom. The second-order valence-corrected chi connectivity index (χ2v) is 7.58. The standard InChI is InChI=1S/C18H35NO5/c1-5-10-15(20)11-8-6-7-9-12-18(23)24-16(13-17(21)22)14-19(2,3)4/h15-16,20H,5-14H2,1-4H3/p+1. The summed E-state index contributed by atoms with van der Waals surface area (Å²) in [7, 11) is 5.82. The SMILES string of the molecule is CCCC(O)CCCCCCC(=O)OC(CC(=O)O)C[N+](C)(C)C. The van der Waals surface area contributed by atoms with E-state index in [0.717, 1.165) is 44.9 Å². The average molecular weight is 346 g/mol. The number of unbranched alkanes of at least 4 members (excludes halogenated alkanes) is 3. The highest BCUT2D eigenvalue weighted by atomic mass is 16.5. The molecule has 24 heavy (non-hydrogen) atoms. The number of carbonyl (C=O) groups is 2. The van der Waals surface area contributed by atoms with Crippen LogP contribution in [0.15, 0.2) is 0 Å². The lowest BCUT2D eigenvalue weighted by Gasteiger charge is -2.28. The van der Waals surface area contributed by atoms with Crippen LogP contribution in [0.3, 0.4) is 0 Å². The third kappa shape index (κ3) is 14.5. The molecule has 142 valence electrons. The summed E-state index contributed by atoms with van der Waals surface area (Å²) in [4.78, 5) is 22.8. The fourth-order valence-electron chi connectivity index (χ4n) is 2.67. The van der Waals surface area contributed by atoms with E-state index >= 15 is 0 Å². The van der Waals surface area contributed by atoms with Gasteiger partial charge < -0.3 is 19.4 Å². The zero-order chi connectivity index (χ0) is 18.6. The number of aliphatic hydroxyl groups is 1. The van der Waals surface area contributed by atoms with Gasteiger partial charge in [0.15, 0.2) is 6.10 Å². The quantitative estimate of drug-likeness (QED) is 0.287. The first-order valence-corrected chi connectivity index (χ1v) is 9.03. The van der Waals surface area contributed by atoms with Gasteiger partial charge >= 0.3 is 11.9 Å². The zero-order valence-corrected chi connectivity index (χ0v) is 15.8. The van der Waals surface area contributed by atoms with Crippen LogP contribution >= 0.6 is 0 Å². The van der Waals surface area contributed by atoms with E-state index in [0.29, 0.717) is 17.4 Å². The number of ether oxygens (including phenoxy) is 1. The fourth-order valence-corrected chi connectivity index (χ4v) is 2.67. The molecular weight excluding hydrogens is 310 g/mol. The Labute approximate surface area is 146 Å². The molecule has 0 aliphatic carbocycles. The molecule has 2 N–H and O–H groups in total. The summed E-state index contributed by atoms with van der Waals surface area (Å²) in [6, 6.07) is 0. The highest BCUT2D eigenvalue weighted by Crippen LogP contribution is 2.12. The topological polar surface area (TPSA) is 83.8 Å². The van der Waals surface area contributed by atoms with Crippen molar-refractivity contribution >= 4 is 11.9 Å². The van der Waals surface area contributed by atoms with E-state index in [1.807, 2.05) is 21.1 Å². The molecule has 0 saturated carbocycles. The van der Waals surface area contributed by atoms with Crippen molar-refractivity contribution in [1.82, 2.24) is 0 Å². The van der Waals surface area contributed by atoms with Crippen LogP contribution < -0.4 is 0 Å². The molecule has 0 bridgehead atoms. The van der Waals surface area contributed by atoms with Gasteiger partial charge in [0, 0.05) is 6.42 Å². The number of esters is 1. The Hall–Kier alpha value is -1.14. The summed E-state index contributed by atoms with van der Waals surface area (Å²) in [6.45, 7) is 2.54. The minimum Gasteiger partial charge on any atom is -0.481 e. The number of aliphatic carboxylic acids is 1. The summed E-state index contributed by atoms with van der Waals surface area (Å²) >= 11 is 0. The van der Waals surface area contributed by atoms with Gasteiger partial charge in [-0.3, -0.25) is 9.59 Å². The molecule has 2 atom stereocenters. The van der Waals surface area contributed by atoms with E-state index in [1.165, 1.54) is 0 Å². The molecule has 0 aromatic rings. The summed E-state index contributed by atoms with van der Waals surface area (Å²) < 4.78 is 5.89. The molecule has 0 rings (SSSR count). The molecule has 0 heterocycles. The summed E-state index contributed by atoms with van der Waals surface area (Å²) in [5.74, 6) is -1.27. The van der Waals surface area contributed by atoms with Crippen LogP contribution in [0.2, 0.25) is 0 Å². The number of likely N-dealkylation sites (N-methyl/N-ethyl adjacent to an activating group) is 1. The van der Waals surface area contributed by atoms with E-state index in [9.17, 15) is 14.7 Å². The monoisotopic (exact) mass is 346 g/mol. The van der Waals surface area contributed by atoms with Gasteiger partial charge in [0.25, 0.3) is 0 Å². The number of carboxylic acid groups (broad SMARTS) is 1. The molecule has 0 fully saturated rings. The first-order chi connectivity index (χ1) is 11.1. The van der Waals surface area contributed by atoms with Crippen molar-refractivity contribution in [2.24, 2.45) is 0 Å². The molecule has 0 aromatic heterocycles. The Morgan fingerprint density at radius 3 is 2.21 bits per heavy atom. The van der Waals surface area contributed by atoms with E-state index in [2.05, 4.69) is 6.92 Å². The predicted molar refractivity (Wildman–Crippen MR) is 93.6 cm³/mol. The van der Waals surface area contributed by atoms with Gasteiger partial charge in [0.05, 0.1) is 33.7 Å². The second-order valence-electron chi connectivity index (χ2n) is 7.58. The molecule has 0 aliphatic heterocycles. The molecule has 6 heteroatoms. The number of nitrogens with zero attached hydrogens (tertiary/aromatic N) is 1. The van der Waals surface area contributed by atoms with Crippen LogP contribution in [0.5, 0.6) is 0 Å². The van der Waals surface area contributed by atoms with E-state index in [4.69, 9.17) is 9.84 Å². The summed E-state index contributed by atoms with van der Waals surface area (Å²) in [6.07, 6.45) is 5.68. The highest BCUT2D eigenvalue weighted by Gasteiger charge is 2.24.